The summed E-state index contributed by atoms with van der Waals surface area (Å²) >= 11 is 0. The van der Waals surface area contributed by atoms with Crippen molar-refractivity contribution in [2.24, 2.45) is 5.73 Å². The van der Waals surface area contributed by atoms with Gasteiger partial charge in [0.15, 0.2) is 0 Å². The standard InChI is InChI=1S/C6H10N3O/c1-3-9-4(2)5(7)6(10)8-9/h3,7H2,1-2H3. The van der Waals surface area contributed by atoms with Crippen LogP contribution in [0.2, 0.25) is 0 Å². The number of hydrogen-bond acceptors (Lipinski definition) is 3. The molecule has 0 aromatic rings. The smallest absolute Gasteiger partial charge is 0.311 e. The van der Waals surface area contributed by atoms with Gasteiger partial charge >= 0.3 is 5.91 Å². The molecule has 0 saturated carbocycles. The van der Waals surface area contributed by atoms with Gasteiger partial charge in [-0.15, -0.1) is 5.43 Å². The van der Waals surface area contributed by atoms with Crippen LogP contribution in [-0.2, 0) is 4.79 Å². The maximum atomic E-state index is 10.8. The molecule has 1 heterocycles. The lowest BCUT2D eigenvalue weighted by molar-refractivity contribution is -0.119. The van der Waals surface area contributed by atoms with Gasteiger partial charge < -0.3 is 5.73 Å². The summed E-state index contributed by atoms with van der Waals surface area (Å²) in [5.74, 6) is -0.320. The first-order valence-corrected chi connectivity index (χ1v) is 3.16. The number of rotatable bonds is 1. The molecule has 0 aromatic carbocycles. The van der Waals surface area contributed by atoms with Gasteiger partial charge in [-0.25, -0.2) is 0 Å². The minimum atomic E-state index is -0.320. The van der Waals surface area contributed by atoms with Crippen LogP contribution in [0.3, 0.4) is 0 Å². The van der Waals surface area contributed by atoms with E-state index in [-0.39, 0.29) is 11.6 Å². The van der Waals surface area contributed by atoms with Crippen LogP contribution >= 0.6 is 0 Å². The van der Waals surface area contributed by atoms with Gasteiger partial charge in [0.2, 0.25) is 0 Å². The fourth-order valence-corrected chi connectivity index (χ4v) is 0.840. The molecule has 1 rings (SSSR count). The van der Waals surface area contributed by atoms with Crippen LogP contribution in [0.25, 0.3) is 0 Å². The first-order chi connectivity index (χ1) is 4.66. The summed E-state index contributed by atoms with van der Waals surface area (Å²) in [6.07, 6.45) is 0. The van der Waals surface area contributed by atoms with E-state index in [0.29, 0.717) is 6.54 Å². The van der Waals surface area contributed by atoms with Crippen LogP contribution in [-0.4, -0.2) is 17.5 Å². The topological polar surface area (TPSA) is 60.4 Å². The molecule has 0 aliphatic carbocycles. The molecule has 4 nitrogen and oxygen atoms in total. The van der Waals surface area contributed by atoms with E-state index in [4.69, 9.17) is 5.73 Å². The zero-order valence-electron chi connectivity index (χ0n) is 6.09. The van der Waals surface area contributed by atoms with Crippen LogP contribution in [0.15, 0.2) is 11.4 Å². The van der Waals surface area contributed by atoms with Crippen molar-refractivity contribution < 1.29 is 4.79 Å². The Morgan fingerprint density at radius 3 is 2.50 bits per heavy atom. The van der Waals surface area contributed by atoms with Gasteiger partial charge in [0.25, 0.3) is 0 Å². The van der Waals surface area contributed by atoms with E-state index < -0.39 is 0 Å². The summed E-state index contributed by atoms with van der Waals surface area (Å²) in [6, 6.07) is 0. The minimum Gasteiger partial charge on any atom is -0.393 e. The van der Waals surface area contributed by atoms with Crippen molar-refractivity contribution in [2.75, 3.05) is 6.54 Å². The molecule has 2 N–H and O–H groups in total. The molecule has 0 fully saturated rings. The second-order valence-corrected chi connectivity index (χ2v) is 2.12. The summed E-state index contributed by atoms with van der Waals surface area (Å²) in [6.45, 7) is 4.39. The second kappa shape index (κ2) is 2.21. The summed E-state index contributed by atoms with van der Waals surface area (Å²) in [5.41, 5.74) is 10.1. The highest BCUT2D eigenvalue weighted by Gasteiger charge is 2.24. The van der Waals surface area contributed by atoms with Crippen molar-refractivity contribution >= 4 is 5.91 Å². The number of nitrogens with zero attached hydrogens (tertiary/aromatic N) is 2. The van der Waals surface area contributed by atoms with Gasteiger partial charge in [0.05, 0.1) is 5.70 Å². The highest BCUT2D eigenvalue weighted by molar-refractivity contribution is 5.94. The number of amides is 1. The summed E-state index contributed by atoms with van der Waals surface area (Å²) in [7, 11) is 0. The Kier molecular flexibility index (Phi) is 1.53. The number of allylic oxidation sites excluding steroid dienone is 1. The Morgan fingerprint density at radius 2 is 2.30 bits per heavy atom. The van der Waals surface area contributed by atoms with Crippen LogP contribution in [0, 0.1) is 0 Å². The van der Waals surface area contributed by atoms with Gasteiger partial charge in [-0.2, -0.15) is 0 Å². The summed E-state index contributed by atoms with van der Waals surface area (Å²) in [5, 5.41) is 1.59. The normalized spacial score (nSPS) is 18.2. The van der Waals surface area contributed by atoms with Crippen molar-refractivity contribution in [3.05, 3.63) is 11.4 Å². The first kappa shape index (κ1) is 6.92. The second-order valence-electron chi connectivity index (χ2n) is 2.12. The monoisotopic (exact) mass is 140 g/mol. The predicted octanol–water partition coefficient (Wildman–Crippen LogP) is -0.442. The molecule has 4 heteroatoms. The van der Waals surface area contributed by atoms with Crippen LogP contribution in [0.1, 0.15) is 13.8 Å². The zero-order valence-corrected chi connectivity index (χ0v) is 6.09. The van der Waals surface area contributed by atoms with E-state index in [1.807, 2.05) is 6.92 Å². The molecule has 0 saturated heterocycles. The van der Waals surface area contributed by atoms with E-state index in [2.05, 4.69) is 5.43 Å². The largest absolute Gasteiger partial charge is 0.393 e. The van der Waals surface area contributed by atoms with Crippen molar-refractivity contribution in [1.29, 1.82) is 0 Å². The number of hydrogen-bond donors (Lipinski definition) is 1. The number of carbonyl (C=O) groups excluding carboxylic acids is 1. The molecule has 55 valence electrons. The molecule has 1 aliphatic rings. The Balaban J connectivity index is 2.83. The van der Waals surface area contributed by atoms with Gasteiger partial charge in [-0.1, -0.05) is 0 Å². The zero-order chi connectivity index (χ0) is 7.72. The van der Waals surface area contributed by atoms with Gasteiger partial charge in [-0.05, 0) is 13.8 Å². The fraction of sp³-hybridized carbons (Fsp3) is 0.500. The molecule has 1 radical (unpaired) electrons. The average molecular weight is 140 g/mol. The predicted molar refractivity (Wildman–Crippen MR) is 36.4 cm³/mol. The van der Waals surface area contributed by atoms with Crippen LogP contribution in [0.5, 0.6) is 0 Å². The Morgan fingerprint density at radius 1 is 1.70 bits per heavy atom. The van der Waals surface area contributed by atoms with E-state index in [0.717, 1.165) is 5.70 Å². The molecule has 0 aromatic heterocycles. The molecular formula is C6H10N3O. The minimum absolute atomic E-state index is 0.266. The van der Waals surface area contributed by atoms with Crippen molar-refractivity contribution in [3.8, 4) is 0 Å². The van der Waals surface area contributed by atoms with Crippen molar-refractivity contribution in [2.45, 2.75) is 13.8 Å². The molecule has 0 atom stereocenters. The molecule has 0 spiro atoms. The SMILES string of the molecule is CCN1[N]C(=O)C(N)=C1C. The lowest BCUT2D eigenvalue weighted by atomic mass is 10.4. The maximum Gasteiger partial charge on any atom is 0.311 e. The lowest BCUT2D eigenvalue weighted by Crippen LogP contribution is -2.27. The van der Waals surface area contributed by atoms with E-state index in [9.17, 15) is 4.79 Å². The quantitative estimate of drug-likeness (QED) is 0.537. The Labute approximate surface area is 59.6 Å². The first-order valence-electron chi connectivity index (χ1n) is 3.16. The Hall–Kier alpha value is -1.19. The molecule has 1 amide bonds. The summed E-state index contributed by atoms with van der Waals surface area (Å²) in [4.78, 5) is 10.8. The molecular weight excluding hydrogens is 130 g/mol. The third-order valence-corrected chi connectivity index (χ3v) is 1.52. The third kappa shape index (κ3) is 0.814. The number of carbonyl (C=O) groups is 1. The van der Waals surface area contributed by atoms with Gasteiger partial charge in [0, 0.05) is 6.54 Å². The van der Waals surface area contributed by atoms with E-state index in [1.165, 1.54) is 0 Å². The molecule has 0 unspecified atom stereocenters. The van der Waals surface area contributed by atoms with E-state index >= 15 is 0 Å². The van der Waals surface area contributed by atoms with Crippen molar-refractivity contribution in [3.63, 3.8) is 0 Å². The molecule has 1 aliphatic heterocycles. The highest BCUT2D eigenvalue weighted by atomic mass is 16.2. The van der Waals surface area contributed by atoms with Crippen LogP contribution < -0.4 is 11.2 Å². The fourth-order valence-electron chi connectivity index (χ4n) is 0.840. The van der Waals surface area contributed by atoms with Gasteiger partial charge in [-0.3, -0.25) is 9.80 Å². The molecule has 0 bridgehead atoms. The third-order valence-electron chi connectivity index (χ3n) is 1.52. The highest BCUT2D eigenvalue weighted by Crippen LogP contribution is 2.11. The van der Waals surface area contributed by atoms with E-state index in [1.54, 1.807) is 11.9 Å². The van der Waals surface area contributed by atoms with Gasteiger partial charge in [0.1, 0.15) is 5.70 Å². The van der Waals surface area contributed by atoms with Crippen molar-refractivity contribution in [1.82, 2.24) is 10.4 Å². The molecule has 10 heavy (non-hydrogen) atoms. The Bertz CT molecular complexity index is 197. The number of nitrogens with two attached hydrogens (primary N) is 1. The maximum absolute atomic E-state index is 10.8. The average Bonchev–Trinajstić information content (AvgIpc) is 2.17. The lowest BCUT2D eigenvalue weighted by Gasteiger charge is -2.12. The van der Waals surface area contributed by atoms with Crippen LogP contribution in [0.4, 0.5) is 0 Å². The summed E-state index contributed by atoms with van der Waals surface area (Å²) < 4.78 is 0.